The van der Waals surface area contributed by atoms with Gasteiger partial charge < -0.3 is 11.1 Å². The quantitative estimate of drug-likeness (QED) is 0.834. The predicted octanol–water partition coefficient (Wildman–Crippen LogP) is 2.82. The second-order valence-corrected chi connectivity index (χ2v) is 5.64. The Hall–Kier alpha value is -2.27. The summed E-state index contributed by atoms with van der Waals surface area (Å²) in [6.45, 7) is 2.02. The Balaban J connectivity index is 1.91. The fraction of sp³-hybridized carbons (Fsp3) is 0.125. The molecule has 0 aromatic heterocycles. The molecule has 0 atom stereocenters. The van der Waals surface area contributed by atoms with Crippen molar-refractivity contribution in [3.63, 3.8) is 0 Å². The largest absolute Gasteiger partial charge is 0.366 e. The average Bonchev–Trinajstić information content (AvgIpc) is 2.47. The summed E-state index contributed by atoms with van der Waals surface area (Å²) in [5, 5.41) is 2.75. The first-order valence-electron chi connectivity index (χ1n) is 6.44. The van der Waals surface area contributed by atoms with Crippen LogP contribution in [-0.4, -0.2) is 17.6 Å². The number of rotatable bonds is 5. The van der Waals surface area contributed by atoms with E-state index in [1.54, 1.807) is 24.3 Å². The number of nitrogens with two attached hydrogens (primary N) is 1. The summed E-state index contributed by atoms with van der Waals surface area (Å²) in [7, 11) is 0. The lowest BCUT2D eigenvalue weighted by Gasteiger charge is -2.06. The van der Waals surface area contributed by atoms with Crippen LogP contribution in [0.5, 0.6) is 0 Å². The molecule has 0 bridgehead atoms. The monoisotopic (exact) mass is 300 g/mol. The highest BCUT2D eigenvalue weighted by atomic mass is 32.2. The van der Waals surface area contributed by atoms with E-state index in [9.17, 15) is 9.59 Å². The van der Waals surface area contributed by atoms with Gasteiger partial charge >= 0.3 is 0 Å². The zero-order valence-electron chi connectivity index (χ0n) is 11.6. The molecule has 0 saturated carbocycles. The van der Waals surface area contributed by atoms with Crippen LogP contribution in [0, 0.1) is 6.92 Å². The second-order valence-electron chi connectivity index (χ2n) is 4.59. The smallest absolute Gasteiger partial charge is 0.248 e. The number of primary amides is 1. The van der Waals surface area contributed by atoms with Crippen molar-refractivity contribution < 1.29 is 9.59 Å². The van der Waals surface area contributed by atoms with Crippen molar-refractivity contribution in [2.45, 2.75) is 11.8 Å². The Labute approximate surface area is 127 Å². The lowest BCUT2D eigenvalue weighted by Crippen LogP contribution is -2.15. The lowest BCUT2D eigenvalue weighted by molar-refractivity contribution is -0.113. The Morgan fingerprint density at radius 1 is 1.14 bits per heavy atom. The third-order valence-electron chi connectivity index (χ3n) is 2.82. The molecule has 0 radical (unpaired) electrons. The van der Waals surface area contributed by atoms with Crippen LogP contribution in [0.2, 0.25) is 0 Å². The maximum absolute atomic E-state index is 11.9. The van der Waals surface area contributed by atoms with Crippen molar-refractivity contribution in [3.8, 4) is 0 Å². The molecule has 2 aromatic carbocycles. The van der Waals surface area contributed by atoms with Crippen molar-refractivity contribution in [1.82, 2.24) is 0 Å². The number of benzene rings is 2. The van der Waals surface area contributed by atoms with Gasteiger partial charge in [-0.05, 0) is 37.3 Å². The third kappa shape index (κ3) is 4.65. The molecule has 0 spiro atoms. The van der Waals surface area contributed by atoms with Crippen LogP contribution in [0.1, 0.15) is 15.9 Å². The van der Waals surface area contributed by atoms with E-state index in [0.717, 1.165) is 4.90 Å². The van der Waals surface area contributed by atoms with E-state index in [4.69, 9.17) is 5.73 Å². The zero-order valence-corrected chi connectivity index (χ0v) is 12.4. The maximum atomic E-state index is 11.9. The average molecular weight is 300 g/mol. The number of nitrogens with one attached hydrogen (secondary N) is 1. The van der Waals surface area contributed by atoms with E-state index in [2.05, 4.69) is 5.32 Å². The number of carbonyl (C=O) groups excluding carboxylic acids is 2. The lowest BCUT2D eigenvalue weighted by atomic mass is 10.2. The van der Waals surface area contributed by atoms with Crippen LogP contribution < -0.4 is 11.1 Å². The molecule has 0 aliphatic carbocycles. The molecule has 4 nitrogen and oxygen atoms in total. The standard InChI is InChI=1S/C16H16N2O2S/c1-11-5-7-14(8-6-11)21-10-15(19)18-13-4-2-3-12(9-13)16(17)20/h2-9H,10H2,1H3,(H2,17,20)(H,18,19). The molecule has 5 heteroatoms. The van der Waals surface area contributed by atoms with Crippen LogP contribution >= 0.6 is 11.8 Å². The highest BCUT2D eigenvalue weighted by Crippen LogP contribution is 2.19. The fourth-order valence-corrected chi connectivity index (χ4v) is 2.43. The van der Waals surface area contributed by atoms with Crippen LogP contribution in [0.25, 0.3) is 0 Å². The van der Waals surface area contributed by atoms with Gasteiger partial charge in [0.1, 0.15) is 0 Å². The van der Waals surface area contributed by atoms with Crippen LogP contribution in [0.4, 0.5) is 5.69 Å². The maximum Gasteiger partial charge on any atom is 0.248 e. The number of thioether (sulfide) groups is 1. The summed E-state index contributed by atoms with van der Waals surface area (Å²) in [6.07, 6.45) is 0. The molecule has 108 valence electrons. The van der Waals surface area contributed by atoms with Crippen LogP contribution in [-0.2, 0) is 4.79 Å². The Kier molecular flexibility index (Phi) is 5.00. The van der Waals surface area contributed by atoms with Gasteiger partial charge in [-0.3, -0.25) is 9.59 Å². The van der Waals surface area contributed by atoms with Gasteiger partial charge in [-0.2, -0.15) is 0 Å². The first-order chi connectivity index (χ1) is 10.0. The normalized spacial score (nSPS) is 10.1. The van der Waals surface area contributed by atoms with Gasteiger partial charge in [0.15, 0.2) is 0 Å². The summed E-state index contributed by atoms with van der Waals surface area (Å²) in [5.41, 5.74) is 7.34. The molecular weight excluding hydrogens is 284 g/mol. The summed E-state index contributed by atoms with van der Waals surface area (Å²) in [6, 6.07) is 14.6. The Bertz CT molecular complexity index is 654. The highest BCUT2D eigenvalue weighted by molar-refractivity contribution is 8.00. The minimum atomic E-state index is -0.514. The topological polar surface area (TPSA) is 72.2 Å². The first kappa shape index (κ1) is 15.1. The Morgan fingerprint density at radius 2 is 1.86 bits per heavy atom. The minimum Gasteiger partial charge on any atom is -0.366 e. The van der Waals surface area contributed by atoms with Gasteiger partial charge in [-0.25, -0.2) is 0 Å². The van der Waals surface area contributed by atoms with Crippen molar-refractivity contribution in [3.05, 3.63) is 59.7 Å². The molecule has 3 N–H and O–H groups in total. The number of anilines is 1. The molecule has 2 aromatic rings. The number of amides is 2. The second kappa shape index (κ2) is 6.95. The van der Waals surface area contributed by atoms with E-state index in [0.29, 0.717) is 17.0 Å². The number of hydrogen-bond acceptors (Lipinski definition) is 3. The molecule has 0 aliphatic heterocycles. The van der Waals surface area contributed by atoms with Gasteiger partial charge in [0.05, 0.1) is 5.75 Å². The molecule has 2 rings (SSSR count). The van der Waals surface area contributed by atoms with E-state index >= 15 is 0 Å². The van der Waals surface area contributed by atoms with Crippen LogP contribution in [0.3, 0.4) is 0 Å². The molecule has 0 unspecified atom stereocenters. The van der Waals surface area contributed by atoms with E-state index in [1.165, 1.54) is 17.3 Å². The molecular formula is C16H16N2O2S. The van der Waals surface area contributed by atoms with Gasteiger partial charge in [0.2, 0.25) is 11.8 Å². The van der Waals surface area contributed by atoms with Crippen molar-refractivity contribution in [2.24, 2.45) is 5.73 Å². The first-order valence-corrected chi connectivity index (χ1v) is 7.42. The van der Waals surface area contributed by atoms with Crippen molar-refractivity contribution in [1.29, 1.82) is 0 Å². The van der Waals surface area contributed by atoms with E-state index in [-0.39, 0.29) is 5.91 Å². The van der Waals surface area contributed by atoms with E-state index in [1.807, 2.05) is 31.2 Å². The minimum absolute atomic E-state index is 0.123. The zero-order chi connectivity index (χ0) is 15.2. The van der Waals surface area contributed by atoms with Gasteiger partial charge in [-0.1, -0.05) is 23.8 Å². The molecule has 21 heavy (non-hydrogen) atoms. The Morgan fingerprint density at radius 3 is 2.52 bits per heavy atom. The molecule has 0 heterocycles. The molecule has 2 amide bonds. The SMILES string of the molecule is Cc1ccc(SCC(=O)Nc2cccc(C(N)=O)c2)cc1. The molecule has 0 aliphatic rings. The fourth-order valence-electron chi connectivity index (χ4n) is 1.73. The summed E-state index contributed by atoms with van der Waals surface area (Å²) >= 11 is 1.46. The molecule has 0 fully saturated rings. The highest BCUT2D eigenvalue weighted by Gasteiger charge is 2.06. The summed E-state index contributed by atoms with van der Waals surface area (Å²) in [5.74, 6) is -0.327. The number of hydrogen-bond donors (Lipinski definition) is 2. The summed E-state index contributed by atoms with van der Waals surface area (Å²) in [4.78, 5) is 24.0. The van der Waals surface area contributed by atoms with Crippen molar-refractivity contribution in [2.75, 3.05) is 11.1 Å². The molecule has 0 saturated heterocycles. The summed E-state index contributed by atoms with van der Waals surface area (Å²) < 4.78 is 0. The third-order valence-corrected chi connectivity index (χ3v) is 3.83. The van der Waals surface area contributed by atoms with Gasteiger partial charge in [-0.15, -0.1) is 11.8 Å². The van der Waals surface area contributed by atoms with E-state index < -0.39 is 5.91 Å². The van der Waals surface area contributed by atoms with Crippen molar-refractivity contribution >= 4 is 29.3 Å². The number of aryl methyl sites for hydroxylation is 1. The van der Waals surface area contributed by atoms with Gasteiger partial charge in [0, 0.05) is 16.1 Å². The number of carbonyl (C=O) groups is 2. The van der Waals surface area contributed by atoms with Gasteiger partial charge in [0.25, 0.3) is 0 Å². The predicted molar refractivity (Wildman–Crippen MR) is 85.5 cm³/mol. The van der Waals surface area contributed by atoms with Crippen LogP contribution in [0.15, 0.2) is 53.4 Å².